The quantitative estimate of drug-likeness (QED) is 0.494. The van der Waals surface area contributed by atoms with E-state index in [1.54, 1.807) is 0 Å². The minimum atomic E-state index is -3.12. The monoisotopic (exact) mass is 457 g/mol. The summed E-state index contributed by atoms with van der Waals surface area (Å²) in [5, 5.41) is 0. The van der Waals surface area contributed by atoms with E-state index in [1.807, 2.05) is 0 Å². The van der Waals surface area contributed by atoms with Crippen LogP contribution >= 0.6 is 43.7 Å². The number of nitrogens with zero attached hydrogens (tertiary/aromatic N) is 3. The van der Waals surface area contributed by atoms with E-state index in [0.717, 1.165) is 0 Å². The highest BCUT2D eigenvalue weighted by atomic mass is 35.7. The molecule has 0 N–H and O–H groups in total. The largest absolute Gasteiger partial charge is 0.377 e. The van der Waals surface area contributed by atoms with Gasteiger partial charge in [0.2, 0.25) is 0 Å². The Bertz CT molecular complexity index is 605. The maximum atomic E-state index is 6.51. The number of rotatable bonds is 0. The van der Waals surface area contributed by atoms with Crippen molar-refractivity contribution in [1.82, 2.24) is 0 Å². The zero-order chi connectivity index (χ0) is 17.6. The molecule has 3 heterocycles. The minimum absolute atomic E-state index is 0.199. The van der Waals surface area contributed by atoms with Gasteiger partial charge in [0, 0.05) is 0 Å². The summed E-state index contributed by atoms with van der Waals surface area (Å²) in [5.74, 6) is 0. The molecule has 3 aliphatic heterocycles. The Balaban J connectivity index is 1.81. The fourth-order valence-corrected chi connectivity index (χ4v) is 13.6. The van der Waals surface area contributed by atoms with Gasteiger partial charge in [-0.25, -0.2) is 0 Å². The Morgan fingerprint density at radius 3 is 1.40 bits per heavy atom. The lowest BCUT2D eigenvalue weighted by atomic mass is 10.7. The highest BCUT2D eigenvalue weighted by molar-refractivity contribution is 8.00. The molecule has 0 aromatic carbocycles. The molecular weight excluding hydrogens is 438 g/mol. The van der Waals surface area contributed by atoms with Crippen molar-refractivity contribution in [2.45, 2.75) is 0 Å². The molecule has 1 spiro atoms. The predicted octanol–water partition coefficient (Wildman–Crippen LogP) is 4.46. The highest BCUT2D eigenvalue weighted by Gasteiger charge is 2.41. The van der Waals surface area contributed by atoms with Crippen LogP contribution in [0.25, 0.3) is 0 Å². The van der Waals surface area contributed by atoms with Gasteiger partial charge in [0.05, 0.1) is 66.1 Å². The lowest BCUT2D eigenvalue weighted by molar-refractivity contribution is 0.00574. The van der Waals surface area contributed by atoms with Gasteiger partial charge in [0.1, 0.15) is 0 Å². The Morgan fingerprint density at radius 1 is 0.480 bits per heavy atom. The minimum Gasteiger partial charge on any atom is -0.377 e. The maximum Gasteiger partial charge on any atom is 0.347 e. The third kappa shape index (κ3) is 6.24. The molecule has 1 saturated heterocycles. The van der Waals surface area contributed by atoms with Crippen LogP contribution < -0.4 is 0 Å². The summed E-state index contributed by atoms with van der Waals surface area (Å²) in [4.78, 5) is 0. The SMILES string of the molecule is Cl[P@@]12=N[P@@](Cl)(=NP3(=N1)OCCO3)OCCOCCOCCOCCO2. The van der Waals surface area contributed by atoms with Crippen LogP contribution in [0.1, 0.15) is 0 Å². The molecule has 0 aromatic rings. The van der Waals surface area contributed by atoms with Gasteiger partial charge < -0.3 is 32.3 Å². The molecule has 0 amide bonds. The number of halogens is 2. The van der Waals surface area contributed by atoms with Gasteiger partial charge in [-0.1, -0.05) is 0 Å². The molecule has 3 rings (SSSR count). The summed E-state index contributed by atoms with van der Waals surface area (Å²) < 4.78 is 51.7. The van der Waals surface area contributed by atoms with E-state index in [1.165, 1.54) is 0 Å². The summed E-state index contributed by atoms with van der Waals surface area (Å²) in [6.07, 6.45) is 0. The lowest BCUT2D eigenvalue weighted by Crippen LogP contribution is -2.13. The number of hydrogen-bond donors (Lipinski definition) is 0. The van der Waals surface area contributed by atoms with Gasteiger partial charge in [-0.05, 0) is 22.5 Å². The zero-order valence-electron chi connectivity index (χ0n) is 13.4. The highest BCUT2D eigenvalue weighted by Crippen LogP contribution is 2.83. The van der Waals surface area contributed by atoms with Crippen molar-refractivity contribution in [2.75, 3.05) is 66.1 Å². The third-order valence-corrected chi connectivity index (χ3v) is 13.4. The summed E-state index contributed by atoms with van der Waals surface area (Å²) in [6, 6.07) is 0. The van der Waals surface area contributed by atoms with E-state index in [9.17, 15) is 0 Å². The lowest BCUT2D eigenvalue weighted by Gasteiger charge is -2.26. The van der Waals surface area contributed by atoms with Crippen molar-refractivity contribution in [3.8, 4) is 0 Å². The molecule has 0 radical (unpaired) electrons. The molecule has 2 bridgehead atoms. The Hall–Kier alpha value is 0.990. The summed E-state index contributed by atoms with van der Waals surface area (Å²) in [7, 11) is -2.95. The van der Waals surface area contributed by atoms with Crippen molar-refractivity contribution in [3.05, 3.63) is 0 Å². The molecule has 3 aliphatic rings. The molecule has 15 heteroatoms. The molecule has 2 atom stereocenters. The second-order valence-corrected chi connectivity index (χ2v) is 13.6. The first kappa shape index (κ1) is 20.7. The van der Waals surface area contributed by atoms with Crippen LogP contribution in [0.5, 0.6) is 0 Å². The van der Waals surface area contributed by atoms with Gasteiger partial charge in [0.25, 0.3) is 0 Å². The molecule has 0 aliphatic carbocycles. The van der Waals surface area contributed by atoms with Gasteiger partial charge in [-0.3, -0.25) is 0 Å². The van der Waals surface area contributed by atoms with Crippen LogP contribution in [0.15, 0.2) is 13.5 Å². The number of hydrogen-bond acceptors (Lipinski definition) is 10. The normalized spacial score (nSPS) is 37.7. The van der Waals surface area contributed by atoms with E-state index in [2.05, 4.69) is 13.5 Å². The molecule has 0 aromatic heterocycles. The van der Waals surface area contributed by atoms with E-state index in [0.29, 0.717) is 52.9 Å². The Morgan fingerprint density at radius 2 is 0.880 bits per heavy atom. The average molecular weight is 458 g/mol. The topological polar surface area (TPSA) is 102 Å². The molecule has 146 valence electrons. The van der Waals surface area contributed by atoms with Gasteiger partial charge in [-0.15, -0.1) is 0 Å². The molecule has 0 saturated carbocycles. The van der Waals surface area contributed by atoms with Gasteiger partial charge in [0.15, 0.2) is 0 Å². The molecule has 0 unspecified atom stereocenters. The van der Waals surface area contributed by atoms with Gasteiger partial charge in [-0.2, -0.15) is 13.5 Å². The number of fused-ring (bicyclic) bond motifs is 1. The summed E-state index contributed by atoms with van der Waals surface area (Å²) in [5.41, 5.74) is 0. The fraction of sp³-hybridized carbons (Fsp3) is 1.00. The second kappa shape index (κ2) is 9.46. The standard InChI is InChI=1S/C10H20Cl2N3O7P3/c11-23-13-24(12,15-25(14-23)21-9-10-22-25)20-8-6-18-4-2-16-1-3-17-5-7-19-23/h1-10H2/t23-,24+. The Kier molecular flexibility index (Phi) is 7.84. The molecule has 10 nitrogen and oxygen atoms in total. The van der Waals surface area contributed by atoms with Crippen LogP contribution in [0, 0.1) is 0 Å². The molecular formula is C10H20Cl2N3O7P3. The predicted molar refractivity (Wildman–Crippen MR) is 96.0 cm³/mol. The average Bonchev–Trinajstić information content (AvgIpc) is 2.96. The Labute approximate surface area is 155 Å². The van der Waals surface area contributed by atoms with E-state index >= 15 is 0 Å². The zero-order valence-corrected chi connectivity index (χ0v) is 17.6. The van der Waals surface area contributed by atoms with Crippen LogP contribution in [0.4, 0.5) is 0 Å². The van der Waals surface area contributed by atoms with E-state index in [-0.39, 0.29) is 13.2 Å². The molecule has 1 fully saturated rings. The fourth-order valence-electron chi connectivity index (χ4n) is 1.99. The van der Waals surface area contributed by atoms with Crippen molar-refractivity contribution >= 4 is 43.7 Å². The third-order valence-electron chi connectivity index (χ3n) is 2.98. The van der Waals surface area contributed by atoms with Crippen molar-refractivity contribution in [2.24, 2.45) is 13.5 Å². The summed E-state index contributed by atoms with van der Waals surface area (Å²) in [6.45, 7) is -2.65. The van der Waals surface area contributed by atoms with Crippen LogP contribution in [0.3, 0.4) is 0 Å². The van der Waals surface area contributed by atoms with E-state index in [4.69, 9.17) is 54.8 Å². The second-order valence-electron chi connectivity index (χ2n) is 4.87. The first-order valence-corrected chi connectivity index (χ1v) is 14.2. The summed E-state index contributed by atoms with van der Waals surface area (Å²) >= 11 is 13.0. The van der Waals surface area contributed by atoms with Crippen molar-refractivity contribution in [3.63, 3.8) is 0 Å². The smallest absolute Gasteiger partial charge is 0.347 e. The maximum absolute atomic E-state index is 6.51. The first-order valence-electron chi connectivity index (χ1n) is 7.66. The van der Waals surface area contributed by atoms with Crippen LogP contribution in [0.2, 0.25) is 0 Å². The van der Waals surface area contributed by atoms with Gasteiger partial charge >= 0.3 is 21.2 Å². The van der Waals surface area contributed by atoms with Crippen molar-refractivity contribution < 1.29 is 32.3 Å². The van der Waals surface area contributed by atoms with E-state index < -0.39 is 21.2 Å². The van der Waals surface area contributed by atoms with Crippen LogP contribution in [-0.2, 0) is 32.3 Å². The van der Waals surface area contributed by atoms with Crippen LogP contribution in [-0.4, -0.2) is 66.1 Å². The first-order chi connectivity index (χ1) is 12.0. The molecule has 25 heavy (non-hydrogen) atoms. The van der Waals surface area contributed by atoms with Crippen molar-refractivity contribution in [1.29, 1.82) is 0 Å². The number of ether oxygens (including phenoxy) is 3.